The Balaban J connectivity index is 0.00000128. The molecule has 16 heavy (non-hydrogen) atoms. The molecule has 0 aliphatic carbocycles. The van der Waals surface area contributed by atoms with E-state index in [0.29, 0.717) is 5.75 Å². The average molecular weight is 327 g/mol. The molecular weight excluding hydrogens is 319 g/mol. The van der Waals surface area contributed by atoms with E-state index in [-0.39, 0.29) is 51.4 Å². The summed E-state index contributed by atoms with van der Waals surface area (Å²) in [7, 11) is -2.87. The van der Waals surface area contributed by atoms with Crippen molar-refractivity contribution in [2.75, 3.05) is 0 Å². The van der Waals surface area contributed by atoms with Crippen molar-refractivity contribution >= 4 is 89.1 Å². The molecule has 0 N–H and O–H groups in total. The number of halogens is 1. The van der Waals surface area contributed by atoms with Gasteiger partial charge in [-0.05, 0) is 17.5 Å². The van der Waals surface area contributed by atoms with E-state index in [1.54, 1.807) is 12.1 Å². The Morgan fingerprint density at radius 1 is 1.00 bits per heavy atom. The monoisotopic (exact) mass is 326 g/mol. The molecule has 0 saturated heterocycles. The summed E-state index contributed by atoms with van der Waals surface area (Å²) >= 11 is 3.39. The molecule has 0 aliphatic rings. The van der Waals surface area contributed by atoms with Gasteiger partial charge in [-0.3, -0.25) is 0 Å². The van der Waals surface area contributed by atoms with Gasteiger partial charge >= 0.3 is 51.4 Å². The average Bonchev–Trinajstić information content (AvgIpc) is 2.22. The van der Waals surface area contributed by atoms with E-state index in [1.165, 1.54) is 0 Å². The van der Waals surface area contributed by atoms with Gasteiger partial charge in [0.25, 0.3) is 11.0 Å². The number of hydrogen-bond donors (Lipinski definition) is 1. The summed E-state index contributed by atoms with van der Waals surface area (Å²) in [5.74, 6) is 0.352. The molecule has 0 atom stereocenters. The second-order valence-corrected chi connectivity index (χ2v) is 4.39. The van der Waals surface area contributed by atoms with Gasteiger partial charge in [-0.1, -0.05) is 40.2 Å². The van der Waals surface area contributed by atoms with Crippen LogP contribution in [0.15, 0.2) is 40.9 Å². The van der Waals surface area contributed by atoms with Crippen LogP contribution < -0.4 is 4.18 Å². The molecule has 0 aliphatic heterocycles. The Morgan fingerprint density at radius 3 is 2.25 bits per heavy atom. The Labute approximate surface area is 146 Å². The van der Waals surface area contributed by atoms with Crippen LogP contribution in [0.4, 0.5) is 0 Å². The SMILES string of the molecule is O=[SH](=O)Oc1ccc(Br)c2ccccc12.[KH]. The van der Waals surface area contributed by atoms with Crippen molar-refractivity contribution in [3.8, 4) is 5.75 Å². The van der Waals surface area contributed by atoms with Crippen molar-refractivity contribution in [2.24, 2.45) is 0 Å². The first-order valence-electron chi connectivity index (χ1n) is 4.18. The van der Waals surface area contributed by atoms with Crippen LogP contribution in [0, 0.1) is 0 Å². The number of benzene rings is 2. The van der Waals surface area contributed by atoms with E-state index in [4.69, 9.17) is 4.18 Å². The van der Waals surface area contributed by atoms with Crippen LogP contribution in [0.1, 0.15) is 0 Å². The summed E-state index contributed by atoms with van der Waals surface area (Å²) in [6.45, 7) is 0. The number of hydrogen-bond acceptors (Lipinski definition) is 3. The Morgan fingerprint density at radius 2 is 1.62 bits per heavy atom. The first-order chi connectivity index (χ1) is 7.18. The fourth-order valence-electron chi connectivity index (χ4n) is 1.39. The zero-order chi connectivity index (χ0) is 10.8. The molecule has 0 bridgehead atoms. The van der Waals surface area contributed by atoms with E-state index in [0.717, 1.165) is 15.2 Å². The molecule has 0 unspecified atom stereocenters. The van der Waals surface area contributed by atoms with Crippen molar-refractivity contribution in [1.82, 2.24) is 0 Å². The molecule has 0 fully saturated rings. The van der Waals surface area contributed by atoms with Gasteiger partial charge in [0.2, 0.25) is 0 Å². The van der Waals surface area contributed by atoms with Gasteiger partial charge in [-0.25, -0.2) is 0 Å². The van der Waals surface area contributed by atoms with Crippen molar-refractivity contribution in [1.29, 1.82) is 0 Å². The van der Waals surface area contributed by atoms with E-state index in [1.807, 2.05) is 24.3 Å². The molecule has 2 aromatic rings. The normalized spacial score (nSPS) is 10.1. The van der Waals surface area contributed by atoms with Gasteiger partial charge in [0.15, 0.2) is 0 Å². The van der Waals surface area contributed by atoms with Crippen molar-refractivity contribution in [3.63, 3.8) is 0 Å². The second-order valence-electron chi connectivity index (χ2n) is 2.91. The van der Waals surface area contributed by atoms with Crippen LogP contribution in [0.2, 0.25) is 0 Å². The third kappa shape index (κ3) is 3.29. The Hall–Kier alpha value is 0.566. The topological polar surface area (TPSA) is 43.4 Å². The fourth-order valence-corrected chi connectivity index (χ4v) is 2.19. The summed E-state index contributed by atoms with van der Waals surface area (Å²) in [6, 6.07) is 10.8. The molecule has 0 heterocycles. The molecule has 2 rings (SSSR count). The molecule has 0 aromatic heterocycles. The van der Waals surface area contributed by atoms with Gasteiger partial charge in [0.05, 0.1) is 0 Å². The minimum absolute atomic E-state index is 0. The maximum absolute atomic E-state index is 10.5. The predicted octanol–water partition coefficient (Wildman–Crippen LogP) is 1.86. The predicted molar refractivity (Wildman–Crippen MR) is 69.7 cm³/mol. The first kappa shape index (κ1) is 14.6. The van der Waals surface area contributed by atoms with Gasteiger partial charge < -0.3 is 4.18 Å². The summed E-state index contributed by atoms with van der Waals surface area (Å²) in [6.07, 6.45) is 0. The van der Waals surface area contributed by atoms with Crippen molar-refractivity contribution < 1.29 is 12.6 Å². The number of rotatable bonds is 2. The summed E-state index contributed by atoms with van der Waals surface area (Å²) in [5, 5.41) is 1.69. The standard InChI is InChI=1S/C10H7BrO3S.K.H/c11-9-5-6-10(14-15(12)13)8-4-2-1-3-7(8)9;;/h1-6,15H;;. The van der Waals surface area contributed by atoms with Crippen LogP contribution >= 0.6 is 15.9 Å². The fraction of sp³-hybridized carbons (Fsp3) is 0. The number of fused-ring (bicyclic) bond motifs is 1. The summed E-state index contributed by atoms with van der Waals surface area (Å²) in [4.78, 5) is 0. The van der Waals surface area contributed by atoms with Crippen LogP contribution in [0.25, 0.3) is 10.8 Å². The first-order valence-corrected chi connectivity index (χ1v) is 6.07. The summed E-state index contributed by atoms with van der Waals surface area (Å²) in [5.41, 5.74) is 0. The van der Waals surface area contributed by atoms with Gasteiger partial charge in [0, 0.05) is 9.86 Å². The third-order valence-corrected chi connectivity index (χ3v) is 3.04. The molecule has 2 aromatic carbocycles. The van der Waals surface area contributed by atoms with Crippen LogP contribution in [0.5, 0.6) is 5.75 Å². The zero-order valence-electron chi connectivity index (χ0n) is 7.51. The van der Waals surface area contributed by atoms with E-state index in [9.17, 15) is 8.42 Å². The molecular formula is C10H8BrKO3S. The number of thiol groups is 1. The molecule has 6 heteroatoms. The molecule has 0 saturated carbocycles. The molecule has 0 radical (unpaired) electrons. The third-order valence-electron chi connectivity index (χ3n) is 2.00. The van der Waals surface area contributed by atoms with Crippen molar-refractivity contribution in [3.05, 3.63) is 40.9 Å². The van der Waals surface area contributed by atoms with Crippen molar-refractivity contribution in [2.45, 2.75) is 0 Å². The van der Waals surface area contributed by atoms with Gasteiger partial charge in [0.1, 0.15) is 5.75 Å². The van der Waals surface area contributed by atoms with Gasteiger partial charge in [-0.15, -0.1) is 0 Å². The van der Waals surface area contributed by atoms with E-state index in [2.05, 4.69) is 15.9 Å². The quantitative estimate of drug-likeness (QED) is 0.676. The molecule has 3 nitrogen and oxygen atoms in total. The summed E-state index contributed by atoms with van der Waals surface area (Å²) < 4.78 is 26.6. The van der Waals surface area contributed by atoms with Crippen LogP contribution in [-0.2, 0) is 11.0 Å². The van der Waals surface area contributed by atoms with E-state index >= 15 is 0 Å². The van der Waals surface area contributed by atoms with Crippen LogP contribution in [-0.4, -0.2) is 59.8 Å². The Kier molecular flexibility index (Phi) is 5.93. The van der Waals surface area contributed by atoms with E-state index < -0.39 is 11.0 Å². The molecule has 80 valence electrons. The minimum atomic E-state index is -2.87. The maximum atomic E-state index is 10.5. The molecule has 0 spiro atoms. The Bertz CT molecular complexity index is 575. The second kappa shape index (κ2) is 6.49. The molecule has 0 amide bonds. The van der Waals surface area contributed by atoms with Crippen LogP contribution in [0.3, 0.4) is 0 Å². The van der Waals surface area contributed by atoms with Gasteiger partial charge in [-0.2, -0.15) is 8.42 Å². The zero-order valence-corrected chi connectivity index (χ0v) is 9.99.